The van der Waals surface area contributed by atoms with Gasteiger partial charge in [-0.05, 0) is 37.0 Å². The second-order valence-electron chi connectivity index (χ2n) is 6.35. The van der Waals surface area contributed by atoms with Gasteiger partial charge in [-0.25, -0.2) is 4.98 Å². The number of benzene rings is 1. The summed E-state index contributed by atoms with van der Waals surface area (Å²) in [5, 5.41) is 3.12. The van der Waals surface area contributed by atoms with Crippen LogP contribution in [0.4, 0.5) is 0 Å². The molecule has 2 atom stereocenters. The van der Waals surface area contributed by atoms with E-state index in [9.17, 15) is 4.79 Å². The molecule has 3 rings (SSSR count). The Morgan fingerprint density at radius 2 is 2.40 bits per heavy atom. The van der Waals surface area contributed by atoms with Gasteiger partial charge in [-0.3, -0.25) is 4.79 Å². The first-order valence-electron chi connectivity index (χ1n) is 8.69. The van der Waals surface area contributed by atoms with Gasteiger partial charge in [-0.1, -0.05) is 12.1 Å². The molecule has 0 spiro atoms. The average molecular weight is 343 g/mol. The lowest BCUT2D eigenvalue weighted by molar-refractivity contribution is -0.122. The van der Waals surface area contributed by atoms with E-state index < -0.39 is 0 Å². The molecule has 1 aliphatic heterocycles. The Balaban J connectivity index is 1.74. The predicted octanol–water partition coefficient (Wildman–Crippen LogP) is 2.59. The van der Waals surface area contributed by atoms with Crippen LogP contribution in [0.2, 0.25) is 0 Å². The zero-order chi connectivity index (χ0) is 17.6. The number of nitrogens with one attached hydrogen (secondary N) is 1. The third-order valence-corrected chi connectivity index (χ3v) is 4.57. The number of amides is 1. The Labute approximate surface area is 148 Å². The maximum absolute atomic E-state index is 12.5. The fourth-order valence-corrected chi connectivity index (χ4v) is 3.17. The van der Waals surface area contributed by atoms with Gasteiger partial charge in [-0.2, -0.15) is 0 Å². The van der Waals surface area contributed by atoms with Gasteiger partial charge in [0.15, 0.2) is 0 Å². The number of imidazole rings is 1. The molecule has 0 bridgehead atoms. The van der Waals surface area contributed by atoms with Crippen molar-refractivity contribution >= 4 is 5.91 Å². The predicted molar refractivity (Wildman–Crippen MR) is 94.4 cm³/mol. The van der Waals surface area contributed by atoms with Crippen LogP contribution < -0.4 is 10.1 Å². The maximum Gasteiger partial charge on any atom is 0.220 e. The van der Waals surface area contributed by atoms with Gasteiger partial charge in [0.1, 0.15) is 17.6 Å². The summed E-state index contributed by atoms with van der Waals surface area (Å²) in [5.41, 5.74) is 0.944. The highest BCUT2D eigenvalue weighted by Gasteiger charge is 2.22. The van der Waals surface area contributed by atoms with Gasteiger partial charge in [0.25, 0.3) is 0 Å². The number of aryl methyl sites for hydroxylation is 1. The summed E-state index contributed by atoms with van der Waals surface area (Å²) in [6.45, 7) is 0.811. The molecule has 2 unspecified atom stereocenters. The van der Waals surface area contributed by atoms with Crippen molar-refractivity contribution in [3.63, 3.8) is 0 Å². The van der Waals surface area contributed by atoms with Crippen molar-refractivity contribution in [1.82, 2.24) is 14.9 Å². The molecule has 0 radical (unpaired) electrons. The van der Waals surface area contributed by atoms with Crippen LogP contribution in [0.3, 0.4) is 0 Å². The summed E-state index contributed by atoms with van der Waals surface area (Å²) in [4.78, 5) is 16.9. The third kappa shape index (κ3) is 4.39. The minimum atomic E-state index is -0.313. The second-order valence-corrected chi connectivity index (χ2v) is 6.35. The van der Waals surface area contributed by atoms with Crippen LogP contribution in [-0.2, 0) is 16.6 Å². The first-order valence-corrected chi connectivity index (χ1v) is 8.69. The zero-order valence-corrected chi connectivity index (χ0v) is 14.8. The van der Waals surface area contributed by atoms with E-state index in [0.29, 0.717) is 6.42 Å². The normalized spacial score (nSPS) is 18.1. The van der Waals surface area contributed by atoms with Crippen molar-refractivity contribution in [3.05, 3.63) is 48.0 Å². The molecule has 6 heteroatoms. The monoisotopic (exact) mass is 343 g/mol. The van der Waals surface area contributed by atoms with E-state index in [1.165, 1.54) is 0 Å². The van der Waals surface area contributed by atoms with Crippen molar-refractivity contribution in [3.8, 4) is 5.75 Å². The van der Waals surface area contributed by atoms with E-state index in [-0.39, 0.29) is 18.1 Å². The van der Waals surface area contributed by atoms with Crippen LogP contribution in [0.5, 0.6) is 5.75 Å². The molecule has 1 aliphatic rings. The molecular formula is C19H25N3O3. The Kier molecular flexibility index (Phi) is 5.71. The number of hydrogen-bond acceptors (Lipinski definition) is 4. The van der Waals surface area contributed by atoms with Crippen LogP contribution in [0.1, 0.15) is 43.1 Å². The molecule has 0 saturated carbocycles. The zero-order valence-electron chi connectivity index (χ0n) is 14.8. The van der Waals surface area contributed by atoms with Gasteiger partial charge in [0.2, 0.25) is 5.91 Å². The number of carbonyl (C=O) groups excluding carboxylic acids is 1. The first-order chi connectivity index (χ1) is 12.2. The Morgan fingerprint density at radius 1 is 1.52 bits per heavy atom. The number of methoxy groups -OCH3 is 1. The maximum atomic E-state index is 12.5. The molecule has 1 fully saturated rings. The summed E-state index contributed by atoms with van der Waals surface area (Å²) in [6, 6.07) is 7.40. The van der Waals surface area contributed by atoms with E-state index in [1.807, 2.05) is 42.1 Å². The topological polar surface area (TPSA) is 65.4 Å². The third-order valence-electron chi connectivity index (χ3n) is 4.57. The highest BCUT2D eigenvalue weighted by Crippen LogP contribution is 2.24. The second kappa shape index (κ2) is 8.16. The Morgan fingerprint density at radius 3 is 3.08 bits per heavy atom. The number of carbonyl (C=O) groups is 1. The molecular weight excluding hydrogens is 318 g/mol. The highest BCUT2D eigenvalue weighted by atomic mass is 16.5. The van der Waals surface area contributed by atoms with Crippen LogP contribution in [0, 0.1) is 0 Å². The summed E-state index contributed by atoms with van der Waals surface area (Å²) >= 11 is 0. The summed E-state index contributed by atoms with van der Waals surface area (Å²) < 4.78 is 12.8. The van der Waals surface area contributed by atoms with Gasteiger partial charge in [-0.15, -0.1) is 0 Å². The molecule has 2 heterocycles. The minimum absolute atomic E-state index is 0.00585. The van der Waals surface area contributed by atoms with E-state index in [1.54, 1.807) is 13.3 Å². The van der Waals surface area contributed by atoms with Crippen LogP contribution in [-0.4, -0.2) is 35.3 Å². The van der Waals surface area contributed by atoms with E-state index >= 15 is 0 Å². The number of rotatable bonds is 7. The fraction of sp³-hybridized carbons (Fsp3) is 0.474. The highest BCUT2D eigenvalue weighted by molar-refractivity contribution is 5.76. The van der Waals surface area contributed by atoms with Crippen molar-refractivity contribution in [2.45, 2.75) is 37.8 Å². The number of aromatic nitrogens is 2. The van der Waals surface area contributed by atoms with Crippen molar-refractivity contribution in [1.29, 1.82) is 0 Å². The van der Waals surface area contributed by atoms with Crippen molar-refractivity contribution in [2.75, 3.05) is 13.7 Å². The van der Waals surface area contributed by atoms with Crippen molar-refractivity contribution in [2.24, 2.45) is 7.05 Å². The lowest BCUT2D eigenvalue weighted by Gasteiger charge is -2.20. The molecule has 0 aliphatic carbocycles. The van der Waals surface area contributed by atoms with Gasteiger partial charge < -0.3 is 19.4 Å². The molecule has 6 nitrogen and oxygen atoms in total. The van der Waals surface area contributed by atoms with Crippen LogP contribution in [0.25, 0.3) is 0 Å². The number of hydrogen-bond donors (Lipinski definition) is 1. The molecule has 25 heavy (non-hydrogen) atoms. The SMILES string of the molecule is COc1cccc(C(NC(=O)CCC2CCCO2)c2nccn2C)c1. The number of nitrogens with zero attached hydrogens (tertiary/aromatic N) is 2. The Hall–Kier alpha value is -2.34. The van der Waals surface area contributed by atoms with E-state index in [4.69, 9.17) is 9.47 Å². The molecule has 134 valence electrons. The first kappa shape index (κ1) is 17.5. The summed E-state index contributed by atoms with van der Waals surface area (Å²) in [5.74, 6) is 1.55. The quantitative estimate of drug-likeness (QED) is 0.839. The van der Waals surface area contributed by atoms with Gasteiger partial charge >= 0.3 is 0 Å². The Bertz CT molecular complexity index is 707. The van der Waals surface area contributed by atoms with E-state index in [0.717, 1.165) is 43.0 Å². The van der Waals surface area contributed by atoms with Gasteiger partial charge in [0.05, 0.1) is 13.2 Å². The lowest BCUT2D eigenvalue weighted by atomic mass is 10.0. The number of ether oxygens (including phenoxy) is 2. The molecule has 1 aromatic carbocycles. The molecule has 1 saturated heterocycles. The summed E-state index contributed by atoms with van der Waals surface area (Å²) in [7, 11) is 3.56. The van der Waals surface area contributed by atoms with Gasteiger partial charge in [0, 0.05) is 32.5 Å². The standard InChI is InChI=1S/C19H25N3O3/c1-22-11-10-20-19(22)18(14-5-3-6-16(13-14)24-2)21-17(23)9-8-15-7-4-12-25-15/h3,5-6,10-11,13,15,18H,4,7-9,12H2,1-2H3,(H,21,23). The largest absolute Gasteiger partial charge is 0.497 e. The molecule has 1 amide bonds. The average Bonchev–Trinajstić information content (AvgIpc) is 3.29. The van der Waals surface area contributed by atoms with Crippen molar-refractivity contribution < 1.29 is 14.3 Å². The summed E-state index contributed by atoms with van der Waals surface area (Å²) in [6.07, 6.45) is 7.18. The van der Waals surface area contributed by atoms with E-state index in [2.05, 4.69) is 10.3 Å². The smallest absolute Gasteiger partial charge is 0.220 e. The molecule has 2 aromatic rings. The fourth-order valence-electron chi connectivity index (χ4n) is 3.17. The van der Waals surface area contributed by atoms with Crippen LogP contribution in [0.15, 0.2) is 36.7 Å². The minimum Gasteiger partial charge on any atom is -0.497 e. The lowest BCUT2D eigenvalue weighted by Crippen LogP contribution is -2.31. The molecule has 1 N–H and O–H groups in total. The molecule has 1 aromatic heterocycles. The van der Waals surface area contributed by atoms with Crippen LogP contribution >= 0.6 is 0 Å².